The first-order valence-electron chi connectivity index (χ1n) is 13.0. The standard InChI is InChI=1S/C35H24F2N2/c36-35(37)30-14-8-7-13-28(30)29-20-19-27(21-31(29)35)23-15-17-25(18-16-23)33-22-32(24-9-3-1-4-10-24)38-34(39-33)26-11-5-2-6-12-26/h1-22,32H,(H,38,39). The van der Waals surface area contributed by atoms with Crippen LogP contribution in [-0.2, 0) is 5.92 Å². The van der Waals surface area contributed by atoms with Crippen molar-refractivity contribution in [2.45, 2.75) is 12.0 Å². The molecular formula is C35H24F2N2. The van der Waals surface area contributed by atoms with Crippen molar-refractivity contribution < 1.29 is 8.78 Å². The number of alkyl halides is 2. The summed E-state index contributed by atoms with van der Waals surface area (Å²) in [6.07, 6.45) is 2.13. The average Bonchev–Trinajstić information content (AvgIpc) is 3.24. The van der Waals surface area contributed by atoms with Gasteiger partial charge in [0.05, 0.1) is 6.04 Å². The predicted octanol–water partition coefficient (Wildman–Crippen LogP) is 8.61. The minimum absolute atomic E-state index is 0.0661. The van der Waals surface area contributed by atoms with Gasteiger partial charge in [-0.25, -0.2) is 0 Å². The monoisotopic (exact) mass is 510 g/mol. The van der Waals surface area contributed by atoms with Crippen LogP contribution in [0.4, 0.5) is 8.78 Å². The smallest absolute Gasteiger partial charge is 0.299 e. The van der Waals surface area contributed by atoms with Crippen molar-refractivity contribution in [3.63, 3.8) is 0 Å². The van der Waals surface area contributed by atoms with E-state index in [4.69, 9.17) is 4.99 Å². The Kier molecular flexibility index (Phi) is 5.48. The quantitative estimate of drug-likeness (QED) is 0.257. The molecule has 4 heteroatoms. The summed E-state index contributed by atoms with van der Waals surface area (Å²) >= 11 is 0. The minimum atomic E-state index is -3.00. The molecule has 39 heavy (non-hydrogen) atoms. The lowest BCUT2D eigenvalue weighted by Gasteiger charge is -2.23. The lowest BCUT2D eigenvalue weighted by Crippen LogP contribution is -2.27. The third kappa shape index (κ3) is 4.05. The number of halogens is 2. The van der Waals surface area contributed by atoms with E-state index in [1.54, 1.807) is 24.3 Å². The Bertz CT molecular complexity index is 1740. The highest BCUT2D eigenvalue weighted by molar-refractivity contribution is 6.04. The molecule has 7 rings (SSSR count). The molecule has 1 heterocycles. The van der Waals surface area contributed by atoms with Crippen molar-refractivity contribution in [2.75, 3.05) is 0 Å². The molecule has 1 N–H and O–H groups in total. The lowest BCUT2D eigenvalue weighted by molar-refractivity contribution is 0.0480. The maximum Gasteiger partial charge on any atom is 0.299 e. The third-order valence-corrected chi connectivity index (χ3v) is 7.48. The minimum Gasteiger partial charge on any atom is -0.340 e. The number of benzene rings is 5. The summed E-state index contributed by atoms with van der Waals surface area (Å²) in [6, 6.07) is 40.4. The molecule has 0 spiro atoms. The Morgan fingerprint density at radius 1 is 0.564 bits per heavy atom. The molecular weight excluding hydrogens is 486 g/mol. The maximum atomic E-state index is 15.3. The number of hydrogen-bond donors (Lipinski definition) is 1. The van der Waals surface area contributed by atoms with Crippen LogP contribution in [0.5, 0.6) is 0 Å². The van der Waals surface area contributed by atoms with Crippen LogP contribution in [-0.4, -0.2) is 5.84 Å². The van der Waals surface area contributed by atoms with Gasteiger partial charge in [-0.2, -0.15) is 8.78 Å². The molecule has 188 valence electrons. The SMILES string of the molecule is FC1(F)c2ccccc2-c2ccc(-c3ccc(C4=CC(c5ccccc5)N=C(c5ccccc5)N4)cc3)cc21. The Morgan fingerprint density at radius 3 is 1.95 bits per heavy atom. The molecule has 0 bridgehead atoms. The van der Waals surface area contributed by atoms with Crippen LogP contribution in [0.25, 0.3) is 28.0 Å². The van der Waals surface area contributed by atoms with Crippen LogP contribution in [0.2, 0.25) is 0 Å². The van der Waals surface area contributed by atoms with Crippen molar-refractivity contribution in [3.8, 4) is 22.3 Å². The number of fused-ring (bicyclic) bond motifs is 3. The predicted molar refractivity (Wildman–Crippen MR) is 154 cm³/mol. The summed E-state index contributed by atoms with van der Waals surface area (Å²) in [5.74, 6) is -2.19. The van der Waals surface area contributed by atoms with E-state index in [1.165, 1.54) is 6.07 Å². The summed E-state index contributed by atoms with van der Waals surface area (Å²) in [7, 11) is 0. The van der Waals surface area contributed by atoms with Gasteiger partial charge in [0.15, 0.2) is 0 Å². The van der Waals surface area contributed by atoms with Gasteiger partial charge in [-0.15, -0.1) is 0 Å². The van der Waals surface area contributed by atoms with Crippen molar-refractivity contribution in [2.24, 2.45) is 4.99 Å². The molecule has 0 amide bonds. The Labute approximate surface area is 226 Å². The average molecular weight is 511 g/mol. The number of hydrogen-bond acceptors (Lipinski definition) is 2. The maximum absolute atomic E-state index is 15.3. The largest absolute Gasteiger partial charge is 0.340 e. The molecule has 0 fully saturated rings. The summed E-state index contributed by atoms with van der Waals surface area (Å²) in [5.41, 5.74) is 7.10. The number of rotatable bonds is 4. The zero-order valence-corrected chi connectivity index (χ0v) is 21.0. The molecule has 1 atom stereocenters. The normalized spacial score (nSPS) is 16.9. The van der Waals surface area contributed by atoms with Gasteiger partial charge in [0.2, 0.25) is 0 Å². The molecule has 1 aliphatic carbocycles. The highest BCUT2D eigenvalue weighted by Crippen LogP contribution is 2.51. The van der Waals surface area contributed by atoms with Crippen LogP contribution in [0.1, 0.15) is 33.9 Å². The number of amidine groups is 1. The second-order valence-corrected chi connectivity index (χ2v) is 9.86. The van der Waals surface area contributed by atoms with Gasteiger partial charge in [-0.1, -0.05) is 121 Å². The van der Waals surface area contributed by atoms with E-state index in [2.05, 4.69) is 23.5 Å². The van der Waals surface area contributed by atoms with E-state index in [1.807, 2.05) is 84.9 Å². The molecule has 5 aromatic carbocycles. The molecule has 2 aliphatic rings. The van der Waals surface area contributed by atoms with E-state index >= 15 is 8.78 Å². The summed E-state index contributed by atoms with van der Waals surface area (Å²) in [5, 5.41) is 3.51. The molecule has 0 radical (unpaired) electrons. The number of nitrogens with one attached hydrogen (secondary N) is 1. The van der Waals surface area contributed by atoms with Crippen LogP contribution >= 0.6 is 0 Å². The molecule has 1 aliphatic heterocycles. The zero-order valence-electron chi connectivity index (χ0n) is 21.0. The third-order valence-electron chi connectivity index (χ3n) is 7.48. The van der Waals surface area contributed by atoms with Crippen LogP contribution in [0.15, 0.2) is 138 Å². The molecule has 0 aromatic heterocycles. The van der Waals surface area contributed by atoms with Crippen LogP contribution < -0.4 is 5.32 Å². The highest BCUT2D eigenvalue weighted by atomic mass is 19.3. The second-order valence-electron chi connectivity index (χ2n) is 9.86. The Morgan fingerprint density at radius 2 is 1.18 bits per heavy atom. The fourth-order valence-electron chi connectivity index (χ4n) is 5.47. The van der Waals surface area contributed by atoms with Crippen molar-refractivity contribution in [1.29, 1.82) is 0 Å². The fourth-order valence-corrected chi connectivity index (χ4v) is 5.47. The first-order chi connectivity index (χ1) is 19.1. The van der Waals surface area contributed by atoms with E-state index in [0.29, 0.717) is 11.1 Å². The van der Waals surface area contributed by atoms with E-state index in [-0.39, 0.29) is 17.2 Å². The topological polar surface area (TPSA) is 24.4 Å². The van der Waals surface area contributed by atoms with Gasteiger partial charge in [0.1, 0.15) is 5.84 Å². The van der Waals surface area contributed by atoms with Gasteiger partial charge < -0.3 is 5.32 Å². The first kappa shape index (κ1) is 23.3. The van der Waals surface area contributed by atoms with Crippen molar-refractivity contribution >= 4 is 11.5 Å². The van der Waals surface area contributed by atoms with Gasteiger partial charge in [0, 0.05) is 22.4 Å². The van der Waals surface area contributed by atoms with Gasteiger partial charge in [0.25, 0.3) is 5.92 Å². The summed E-state index contributed by atoms with van der Waals surface area (Å²) in [4.78, 5) is 4.99. The van der Waals surface area contributed by atoms with Gasteiger partial charge >= 0.3 is 0 Å². The number of aliphatic imine (C=N–C) groups is 1. The molecule has 0 saturated heterocycles. The molecule has 5 aromatic rings. The van der Waals surface area contributed by atoms with E-state index in [9.17, 15) is 0 Å². The van der Waals surface area contributed by atoms with Crippen LogP contribution in [0.3, 0.4) is 0 Å². The molecule has 1 unspecified atom stereocenters. The van der Waals surface area contributed by atoms with Gasteiger partial charge in [-0.3, -0.25) is 4.99 Å². The van der Waals surface area contributed by atoms with Crippen molar-refractivity contribution in [1.82, 2.24) is 5.32 Å². The highest BCUT2D eigenvalue weighted by Gasteiger charge is 2.44. The molecule has 0 saturated carbocycles. The zero-order chi connectivity index (χ0) is 26.4. The number of nitrogens with zero attached hydrogens (tertiary/aromatic N) is 1. The summed E-state index contributed by atoms with van der Waals surface area (Å²) < 4.78 is 30.5. The second kappa shape index (κ2) is 9.17. The van der Waals surface area contributed by atoms with E-state index in [0.717, 1.165) is 39.3 Å². The molecule has 2 nitrogen and oxygen atoms in total. The summed E-state index contributed by atoms with van der Waals surface area (Å²) in [6.45, 7) is 0. The Hall–Kier alpha value is -4.83. The van der Waals surface area contributed by atoms with Crippen LogP contribution in [0, 0.1) is 0 Å². The fraction of sp³-hybridized carbons (Fsp3) is 0.0571. The van der Waals surface area contributed by atoms with E-state index < -0.39 is 5.92 Å². The lowest BCUT2D eigenvalue weighted by atomic mass is 9.96. The van der Waals surface area contributed by atoms with Crippen molar-refractivity contribution in [3.05, 3.63) is 161 Å². The first-order valence-corrected chi connectivity index (χ1v) is 13.0. The Balaban J connectivity index is 1.22. The van der Waals surface area contributed by atoms with Gasteiger partial charge in [-0.05, 0) is 45.5 Å².